The lowest BCUT2D eigenvalue weighted by atomic mass is 9.90. The lowest BCUT2D eigenvalue weighted by Gasteiger charge is -2.20. The van der Waals surface area contributed by atoms with Crippen LogP contribution in [0.2, 0.25) is 0 Å². The topological polar surface area (TPSA) is 26.0 Å². The summed E-state index contributed by atoms with van der Waals surface area (Å²) in [6.45, 7) is 5.50. The van der Waals surface area contributed by atoms with Gasteiger partial charge < -0.3 is 5.73 Å². The van der Waals surface area contributed by atoms with Gasteiger partial charge in [-0.05, 0) is 72.9 Å². The second-order valence-electron chi connectivity index (χ2n) is 4.93. The maximum Gasteiger partial charge on any atom is 0.123 e. The van der Waals surface area contributed by atoms with Crippen molar-refractivity contribution in [2.45, 2.75) is 26.8 Å². The zero-order chi connectivity index (χ0) is 14.2. The van der Waals surface area contributed by atoms with E-state index in [9.17, 15) is 8.78 Å². The van der Waals surface area contributed by atoms with Crippen molar-refractivity contribution in [2.24, 2.45) is 5.73 Å². The molecule has 0 radical (unpaired) electrons. The van der Waals surface area contributed by atoms with Crippen LogP contribution in [0.25, 0.3) is 0 Å². The SMILES string of the molecule is Cc1cc(F)ccc1C(N)c1c(C)cc(F)cc1C. The lowest BCUT2D eigenvalue weighted by Crippen LogP contribution is -2.16. The molecule has 0 fully saturated rings. The molecule has 1 nitrogen and oxygen atoms in total. The molecule has 0 aliphatic carbocycles. The van der Waals surface area contributed by atoms with Crippen LogP contribution in [0.5, 0.6) is 0 Å². The summed E-state index contributed by atoms with van der Waals surface area (Å²) in [5, 5.41) is 0. The minimum absolute atomic E-state index is 0.262. The van der Waals surface area contributed by atoms with Crippen LogP contribution in [0.4, 0.5) is 8.78 Å². The van der Waals surface area contributed by atoms with Gasteiger partial charge in [0.05, 0.1) is 6.04 Å². The van der Waals surface area contributed by atoms with Crippen LogP contribution < -0.4 is 5.73 Å². The quantitative estimate of drug-likeness (QED) is 0.870. The van der Waals surface area contributed by atoms with Crippen LogP contribution in [0, 0.1) is 32.4 Å². The van der Waals surface area contributed by atoms with E-state index in [1.165, 1.54) is 24.3 Å². The van der Waals surface area contributed by atoms with Crippen molar-refractivity contribution in [3.05, 3.63) is 69.8 Å². The molecule has 2 aromatic rings. The maximum absolute atomic E-state index is 13.3. The summed E-state index contributed by atoms with van der Waals surface area (Å²) in [6.07, 6.45) is 0. The highest BCUT2D eigenvalue weighted by Gasteiger charge is 2.17. The highest BCUT2D eigenvalue weighted by atomic mass is 19.1. The maximum atomic E-state index is 13.3. The number of halogens is 2. The molecule has 1 unspecified atom stereocenters. The highest BCUT2D eigenvalue weighted by Crippen LogP contribution is 2.28. The Bertz CT molecular complexity index is 597. The van der Waals surface area contributed by atoms with Gasteiger partial charge in [0.2, 0.25) is 0 Å². The minimum atomic E-state index is -0.374. The van der Waals surface area contributed by atoms with E-state index in [2.05, 4.69) is 0 Å². The van der Waals surface area contributed by atoms with Gasteiger partial charge in [-0.1, -0.05) is 6.07 Å². The molecule has 0 aliphatic rings. The summed E-state index contributed by atoms with van der Waals surface area (Å²) < 4.78 is 26.5. The average molecular weight is 261 g/mol. The monoisotopic (exact) mass is 261 g/mol. The van der Waals surface area contributed by atoms with Gasteiger partial charge in [-0.25, -0.2) is 8.78 Å². The molecule has 0 saturated heterocycles. The molecule has 2 N–H and O–H groups in total. The van der Waals surface area contributed by atoms with Crippen molar-refractivity contribution < 1.29 is 8.78 Å². The summed E-state index contributed by atoms with van der Waals surface area (Å²) >= 11 is 0. The zero-order valence-corrected chi connectivity index (χ0v) is 11.3. The van der Waals surface area contributed by atoms with Gasteiger partial charge in [0.25, 0.3) is 0 Å². The Labute approximate surface area is 112 Å². The van der Waals surface area contributed by atoms with Crippen molar-refractivity contribution in [1.82, 2.24) is 0 Å². The molecule has 19 heavy (non-hydrogen) atoms. The van der Waals surface area contributed by atoms with Gasteiger partial charge >= 0.3 is 0 Å². The number of hydrogen-bond donors (Lipinski definition) is 1. The van der Waals surface area contributed by atoms with Gasteiger partial charge in [0, 0.05) is 0 Å². The molecule has 0 spiro atoms. The third-order valence-electron chi connectivity index (χ3n) is 3.44. The van der Waals surface area contributed by atoms with Crippen LogP contribution >= 0.6 is 0 Å². The van der Waals surface area contributed by atoms with Crippen LogP contribution in [0.15, 0.2) is 30.3 Å². The lowest BCUT2D eigenvalue weighted by molar-refractivity contribution is 0.622. The Balaban J connectivity index is 2.53. The molecule has 2 aromatic carbocycles. The van der Waals surface area contributed by atoms with Crippen LogP contribution in [-0.2, 0) is 0 Å². The molecular formula is C16H17F2N. The van der Waals surface area contributed by atoms with Crippen molar-refractivity contribution in [1.29, 1.82) is 0 Å². The van der Waals surface area contributed by atoms with Gasteiger partial charge in [-0.2, -0.15) is 0 Å². The van der Waals surface area contributed by atoms with E-state index >= 15 is 0 Å². The summed E-state index contributed by atoms with van der Waals surface area (Å²) in [5.41, 5.74) is 10.5. The predicted molar refractivity (Wildman–Crippen MR) is 73.0 cm³/mol. The van der Waals surface area contributed by atoms with Gasteiger partial charge in [0.15, 0.2) is 0 Å². The number of hydrogen-bond acceptors (Lipinski definition) is 1. The first-order chi connectivity index (χ1) is 8.90. The molecule has 0 aliphatic heterocycles. The van der Waals surface area contributed by atoms with Crippen LogP contribution in [0.3, 0.4) is 0 Å². The first kappa shape index (κ1) is 13.7. The Kier molecular flexibility index (Phi) is 3.67. The Morgan fingerprint density at radius 2 is 1.37 bits per heavy atom. The van der Waals surface area contributed by atoms with Crippen molar-refractivity contribution in [2.75, 3.05) is 0 Å². The molecule has 0 bridgehead atoms. The normalized spacial score (nSPS) is 12.5. The zero-order valence-electron chi connectivity index (χ0n) is 11.3. The fraction of sp³-hybridized carbons (Fsp3) is 0.250. The molecule has 0 heterocycles. The summed E-state index contributed by atoms with van der Waals surface area (Å²) in [6, 6.07) is 7.13. The van der Waals surface area contributed by atoms with Crippen molar-refractivity contribution in [3.63, 3.8) is 0 Å². The third-order valence-corrected chi connectivity index (χ3v) is 3.44. The molecule has 0 saturated carbocycles. The van der Waals surface area contributed by atoms with Crippen LogP contribution in [0.1, 0.15) is 33.9 Å². The van der Waals surface area contributed by atoms with Gasteiger partial charge in [-0.3, -0.25) is 0 Å². The Hall–Kier alpha value is -1.74. The standard InChI is InChI=1S/C16H17F2N/c1-9-6-12(17)4-5-14(9)16(19)15-10(2)7-13(18)8-11(15)3/h4-8,16H,19H2,1-3H3. The summed E-state index contributed by atoms with van der Waals surface area (Å²) in [7, 11) is 0. The molecule has 0 aromatic heterocycles. The number of nitrogens with two attached hydrogens (primary N) is 1. The predicted octanol–water partition coefficient (Wildman–Crippen LogP) is 3.94. The number of benzene rings is 2. The molecule has 100 valence electrons. The minimum Gasteiger partial charge on any atom is -0.320 e. The van der Waals surface area contributed by atoms with E-state index in [0.29, 0.717) is 0 Å². The number of rotatable bonds is 2. The van der Waals surface area contributed by atoms with E-state index in [4.69, 9.17) is 5.73 Å². The third kappa shape index (κ3) is 2.66. The van der Waals surface area contributed by atoms with E-state index in [0.717, 1.165) is 27.8 Å². The van der Waals surface area contributed by atoms with Gasteiger partial charge in [-0.15, -0.1) is 0 Å². The van der Waals surface area contributed by atoms with E-state index in [1.54, 1.807) is 6.07 Å². The Morgan fingerprint density at radius 1 is 0.842 bits per heavy atom. The summed E-state index contributed by atoms with van der Waals surface area (Å²) in [4.78, 5) is 0. The van der Waals surface area contributed by atoms with Gasteiger partial charge in [0.1, 0.15) is 11.6 Å². The fourth-order valence-corrected chi connectivity index (χ4v) is 2.56. The Morgan fingerprint density at radius 3 is 1.89 bits per heavy atom. The first-order valence-electron chi connectivity index (χ1n) is 6.18. The highest BCUT2D eigenvalue weighted by molar-refractivity contribution is 5.44. The van der Waals surface area contributed by atoms with Crippen molar-refractivity contribution in [3.8, 4) is 0 Å². The second kappa shape index (κ2) is 5.10. The van der Waals surface area contributed by atoms with E-state index < -0.39 is 0 Å². The second-order valence-corrected chi connectivity index (χ2v) is 4.93. The summed E-state index contributed by atoms with van der Waals surface area (Å²) in [5.74, 6) is -0.539. The molecule has 1 atom stereocenters. The molecule has 2 rings (SSSR count). The van der Waals surface area contributed by atoms with E-state index in [-0.39, 0.29) is 17.7 Å². The first-order valence-corrected chi connectivity index (χ1v) is 6.18. The average Bonchev–Trinajstić information content (AvgIpc) is 2.26. The molecule has 3 heteroatoms. The fourth-order valence-electron chi connectivity index (χ4n) is 2.56. The number of aryl methyl sites for hydroxylation is 3. The molecule has 0 amide bonds. The smallest absolute Gasteiger partial charge is 0.123 e. The van der Waals surface area contributed by atoms with Crippen molar-refractivity contribution >= 4 is 0 Å². The largest absolute Gasteiger partial charge is 0.320 e. The van der Waals surface area contributed by atoms with Crippen LogP contribution in [-0.4, -0.2) is 0 Å². The molecular weight excluding hydrogens is 244 g/mol. The van der Waals surface area contributed by atoms with E-state index in [1.807, 2.05) is 20.8 Å².